The zero-order chi connectivity index (χ0) is 22.6. The first-order valence-corrected chi connectivity index (χ1v) is 10.7. The van der Waals surface area contributed by atoms with E-state index in [0.717, 1.165) is 38.7 Å². The van der Waals surface area contributed by atoms with Gasteiger partial charge in [0, 0.05) is 5.56 Å². The van der Waals surface area contributed by atoms with Crippen LogP contribution in [0.25, 0.3) is 33.2 Å². The fraction of sp³-hybridized carbons (Fsp3) is 0.0357. The molecular formula is C28H22N4O. The fourth-order valence-electron chi connectivity index (χ4n) is 3.73. The number of hydrogen-bond donors (Lipinski definition) is 2. The molecule has 1 heterocycles. The molecule has 0 atom stereocenters. The second-order valence-corrected chi connectivity index (χ2v) is 7.81. The number of H-pyrrole nitrogens is 1. The Morgan fingerprint density at radius 2 is 1.42 bits per heavy atom. The van der Waals surface area contributed by atoms with Crippen LogP contribution in [0.2, 0.25) is 0 Å². The van der Waals surface area contributed by atoms with E-state index in [-0.39, 0.29) is 5.91 Å². The number of amides is 1. The van der Waals surface area contributed by atoms with Crippen molar-refractivity contribution in [2.45, 2.75) is 6.92 Å². The topological polar surface area (TPSA) is 70.1 Å². The zero-order valence-electron chi connectivity index (χ0n) is 18.1. The summed E-state index contributed by atoms with van der Waals surface area (Å²) in [5.74, 6) is -0.338. The van der Waals surface area contributed by atoms with Crippen LogP contribution in [-0.2, 0) is 0 Å². The Hall–Kier alpha value is -4.51. The minimum absolute atomic E-state index is 0.338. The van der Waals surface area contributed by atoms with E-state index >= 15 is 0 Å². The minimum Gasteiger partial charge on any atom is -0.272 e. The van der Waals surface area contributed by atoms with Gasteiger partial charge in [-0.05, 0) is 46.5 Å². The normalized spacial score (nSPS) is 11.5. The van der Waals surface area contributed by atoms with Crippen LogP contribution in [0.15, 0.2) is 108 Å². The summed E-state index contributed by atoms with van der Waals surface area (Å²) in [5, 5.41) is 13.7. The predicted octanol–water partition coefficient (Wildman–Crippen LogP) is 6.05. The highest BCUT2D eigenvalue weighted by atomic mass is 16.2. The Morgan fingerprint density at radius 3 is 2.21 bits per heavy atom. The third-order valence-corrected chi connectivity index (χ3v) is 5.60. The Bertz CT molecular complexity index is 1450. The summed E-state index contributed by atoms with van der Waals surface area (Å²) >= 11 is 0. The van der Waals surface area contributed by atoms with E-state index in [2.05, 4.69) is 69.3 Å². The van der Waals surface area contributed by atoms with E-state index in [0.29, 0.717) is 11.4 Å². The predicted molar refractivity (Wildman–Crippen MR) is 133 cm³/mol. The lowest BCUT2D eigenvalue weighted by Crippen LogP contribution is -2.19. The first-order chi connectivity index (χ1) is 16.2. The summed E-state index contributed by atoms with van der Waals surface area (Å²) in [7, 11) is 0. The van der Waals surface area contributed by atoms with Crippen LogP contribution in [0.5, 0.6) is 0 Å². The quantitative estimate of drug-likeness (QED) is 0.263. The van der Waals surface area contributed by atoms with Gasteiger partial charge in [-0.3, -0.25) is 9.89 Å². The summed E-state index contributed by atoms with van der Waals surface area (Å²) in [4.78, 5) is 12.6. The minimum atomic E-state index is -0.338. The number of nitrogens with one attached hydrogen (secondary N) is 2. The molecule has 0 saturated heterocycles. The fourth-order valence-corrected chi connectivity index (χ4v) is 3.73. The van der Waals surface area contributed by atoms with Crippen molar-refractivity contribution >= 4 is 22.4 Å². The van der Waals surface area contributed by atoms with Crippen LogP contribution in [-0.4, -0.2) is 21.8 Å². The number of carbonyl (C=O) groups excluding carboxylic acids is 1. The number of nitrogens with zero attached hydrogens (tertiary/aromatic N) is 2. The monoisotopic (exact) mass is 430 g/mol. The van der Waals surface area contributed by atoms with E-state index in [9.17, 15) is 4.79 Å². The Balaban J connectivity index is 1.28. The molecular weight excluding hydrogens is 408 g/mol. The van der Waals surface area contributed by atoms with Crippen molar-refractivity contribution < 1.29 is 4.79 Å². The highest BCUT2D eigenvalue weighted by molar-refractivity contribution is 6.01. The van der Waals surface area contributed by atoms with E-state index in [1.165, 1.54) is 0 Å². The summed E-state index contributed by atoms with van der Waals surface area (Å²) in [6.45, 7) is 1.87. The molecule has 0 aliphatic heterocycles. The van der Waals surface area contributed by atoms with Crippen molar-refractivity contribution in [2.75, 3.05) is 0 Å². The molecule has 5 nitrogen and oxygen atoms in total. The van der Waals surface area contributed by atoms with Crippen molar-refractivity contribution in [1.82, 2.24) is 15.6 Å². The van der Waals surface area contributed by atoms with Gasteiger partial charge in [0.2, 0.25) is 0 Å². The van der Waals surface area contributed by atoms with Gasteiger partial charge < -0.3 is 0 Å². The van der Waals surface area contributed by atoms with Crippen LogP contribution >= 0.6 is 0 Å². The Labute approximate surface area is 191 Å². The van der Waals surface area contributed by atoms with Crippen molar-refractivity contribution in [3.63, 3.8) is 0 Å². The molecule has 0 aliphatic rings. The molecule has 0 bridgehead atoms. The maximum atomic E-state index is 12.6. The number of hydrogen-bond acceptors (Lipinski definition) is 3. The van der Waals surface area contributed by atoms with E-state index in [1.807, 2.05) is 55.5 Å². The van der Waals surface area contributed by atoms with Gasteiger partial charge in [-0.2, -0.15) is 10.2 Å². The second kappa shape index (κ2) is 8.93. The maximum absolute atomic E-state index is 12.6. The maximum Gasteiger partial charge on any atom is 0.289 e. The molecule has 0 saturated carbocycles. The summed E-state index contributed by atoms with van der Waals surface area (Å²) in [6, 6.07) is 34.3. The molecule has 0 aliphatic carbocycles. The zero-order valence-corrected chi connectivity index (χ0v) is 18.1. The molecule has 4 aromatic carbocycles. The van der Waals surface area contributed by atoms with Gasteiger partial charge in [-0.25, -0.2) is 5.43 Å². The van der Waals surface area contributed by atoms with Crippen molar-refractivity contribution in [2.24, 2.45) is 5.10 Å². The largest absolute Gasteiger partial charge is 0.289 e. The average molecular weight is 431 g/mol. The van der Waals surface area contributed by atoms with E-state index in [1.54, 1.807) is 6.07 Å². The van der Waals surface area contributed by atoms with Crippen molar-refractivity contribution in [3.8, 4) is 22.4 Å². The van der Waals surface area contributed by atoms with Gasteiger partial charge in [0.25, 0.3) is 5.91 Å². The SMILES string of the molecule is C/C(=N/NC(=O)c1cc(-c2ccc3ccccc3c2)n[nH]1)c1ccc(-c2ccccc2)cc1. The lowest BCUT2D eigenvalue weighted by atomic mass is 10.0. The van der Waals surface area contributed by atoms with Gasteiger partial charge in [0.1, 0.15) is 5.69 Å². The smallest absolute Gasteiger partial charge is 0.272 e. The van der Waals surface area contributed by atoms with Crippen molar-refractivity contribution in [3.05, 3.63) is 114 Å². The molecule has 1 amide bonds. The lowest BCUT2D eigenvalue weighted by Gasteiger charge is -2.05. The molecule has 2 N–H and O–H groups in total. The Morgan fingerprint density at radius 1 is 0.758 bits per heavy atom. The van der Waals surface area contributed by atoms with Gasteiger partial charge in [-0.15, -0.1) is 0 Å². The van der Waals surface area contributed by atoms with Crippen LogP contribution < -0.4 is 5.43 Å². The van der Waals surface area contributed by atoms with E-state index in [4.69, 9.17) is 0 Å². The van der Waals surface area contributed by atoms with Gasteiger partial charge >= 0.3 is 0 Å². The van der Waals surface area contributed by atoms with Crippen molar-refractivity contribution in [1.29, 1.82) is 0 Å². The van der Waals surface area contributed by atoms with E-state index < -0.39 is 0 Å². The number of carbonyl (C=O) groups is 1. The average Bonchev–Trinajstić information content (AvgIpc) is 3.38. The highest BCUT2D eigenvalue weighted by Crippen LogP contribution is 2.23. The van der Waals surface area contributed by atoms with Crippen LogP contribution in [0.1, 0.15) is 23.0 Å². The molecule has 5 aromatic rings. The van der Waals surface area contributed by atoms with Crippen LogP contribution in [0, 0.1) is 0 Å². The number of rotatable bonds is 5. The Kier molecular flexibility index (Phi) is 5.52. The van der Waals surface area contributed by atoms with Crippen LogP contribution in [0.3, 0.4) is 0 Å². The highest BCUT2D eigenvalue weighted by Gasteiger charge is 2.11. The van der Waals surface area contributed by atoms with Gasteiger partial charge in [-0.1, -0.05) is 91.0 Å². The molecule has 0 fully saturated rings. The summed E-state index contributed by atoms with van der Waals surface area (Å²) < 4.78 is 0. The molecule has 33 heavy (non-hydrogen) atoms. The molecule has 160 valence electrons. The first kappa shape index (κ1) is 20.4. The molecule has 0 unspecified atom stereocenters. The molecule has 1 aromatic heterocycles. The first-order valence-electron chi connectivity index (χ1n) is 10.7. The van der Waals surface area contributed by atoms with Gasteiger partial charge in [0.05, 0.1) is 11.4 Å². The third kappa shape index (κ3) is 4.43. The molecule has 0 radical (unpaired) electrons. The number of hydrazone groups is 1. The molecule has 5 heteroatoms. The second-order valence-electron chi connectivity index (χ2n) is 7.81. The third-order valence-electron chi connectivity index (χ3n) is 5.60. The number of aromatic nitrogens is 2. The summed E-state index contributed by atoms with van der Waals surface area (Å²) in [6.07, 6.45) is 0. The van der Waals surface area contributed by atoms with Crippen LogP contribution in [0.4, 0.5) is 0 Å². The number of fused-ring (bicyclic) bond motifs is 1. The summed E-state index contributed by atoms with van der Waals surface area (Å²) in [5.41, 5.74) is 8.58. The number of benzene rings is 4. The molecule has 5 rings (SSSR count). The standard InChI is InChI=1S/C28H22N4O/c1-19(20-11-13-23(14-12-20)21-7-3-2-4-8-21)29-32-28(33)27-18-26(30-31-27)25-16-15-22-9-5-6-10-24(22)17-25/h2-18H,1H3,(H,30,31)(H,32,33)/b29-19-. The van der Waals surface area contributed by atoms with Gasteiger partial charge in [0.15, 0.2) is 0 Å². The molecule has 0 spiro atoms. The number of aromatic amines is 1. The lowest BCUT2D eigenvalue weighted by molar-refractivity contribution is 0.0950.